The molecule has 1 heterocycles. The van der Waals surface area contributed by atoms with Crippen LogP contribution in [0.3, 0.4) is 0 Å². The molecule has 1 saturated heterocycles. The molecule has 0 aromatic heterocycles. The van der Waals surface area contributed by atoms with Crippen LogP contribution in [0.4, 0.5) is 4.79 Å². The van der Waals surface area contributed by atoms with Gasteiger partial charge in [0, 0.05) is 12.5 Å². The Morgan fingerprint density at radius 2 is 1.50 bits per heavy atom. The van der Waals surface area contributed by atoms with Crippen molar-refractivity contribution >= 4 is 31.1 Å². The third-order valence-corrected chi connectivity index (χ3v) is 11.5. The van der Waals surface area contributed by atoms with Gasteiger partial charge in [0.2, 0.25) is 0 Å². The molecule has 3 rings (SSSR count). The minimum Gasteiger partial charge on any atom is -0.444 e. The highest BCUT2D eigenvalue weighted by molar-refractivity contribution is 6.99. The van der Waals surface area contributed by atoms with Crippen LogP contribution in [0.2, 0.25) is 5.04 Å². The Kier molecular flexibility index (Phi) is 8.04. The standard InChI is InChI=1S/C28H39NO4Si/c1-27(2,3)33-26(31)29-18-17-22(20-30)19-23(29)21-32-34(28(4,5)6,24-13-9-7-10-14-24)25-15-11-8-12-16-25/h7-16,20,22-23H,17-19,21H2,1-6H3. The summed E-state index contributed by atoms with van der Waals surface area (Å²) in [6, 6.07) is 20.7. The first-order valence-corrected chi connectivity index (χ1v) is 14.1. The minimum absolute atomic E-state index is 0.0774. The van der Waals surface area contributed by atoms with Crippen molar-refractivity contribution in [3.8, 4) is 0 Å². The first kappa shape index (κ1) is 26.2. The third kappa shape index (κ3) is 5.78. The molecule has 0 saturated carbocycles. The monoisotopic (exact) mass is 481 g/mol. The maximum absolute atomic E-state index is 13.1. The molecule has 0 N–H and O–H groups in total. The van der Waals surface area contributed by atoms with Crippen LogP contribution in [0.5, 0.6) is 0 Å². The molecule has 0 aliphatic carbocycles. The van der Waals surface area contributed by atoms with Crippen molar-refractivity contribution in [3.63, 3.8) is 0 Å². The number of piperidine rings is 1. The lowest BCUT2D eigenvalue weighted by Gasteiger charge is -2.45. The van der Waals surface area contributed by atoms with Crippen LogP contribution in [0, 0.1) is 5.92 Å². The second-order valence-electron chi connectivity index (χ2n) is 11.2. The molecule has 1 aliphatic heterocycles. The molecule has 1 aliphatic rings. The van der Waals surface area contributed by atoms with Gasteiger partial charge < -0.3 is 18.9 Å². The van der Waals surface area contributed by atoms with Crippen molar-refractivity contribution in [3.05, 3.63) is 60.7 Å². The number of hydrogen-bond donors (Lipinski definition) is 0. The summed E-state index contributed by atoms with van der Waals surface area (Å²) in [5, 5.41) is 2.23. The van der Waals surface area contributed by atoms with Gasteiger partial charge in [-0.3, -0.25) is 0 Å². The van der Waals surface area contributed by atoms with Gasteiger partial charge in [0.05, 0.1) is 12.6 Å². The van der Waals surface area contributed by atoms with Gasteiger partial charge in [0.1, 0.15) is 11.9 Å². The second kappa shape index (κ2) is 10.4. The fraction of sp³-hybridized carbons (Fsp3) is 0.500. The fourth-order valence-electron chi connectivity index (χ4n) is 4.91. The summed E-state index contributed by atoms with van der Waals surface area (Å²) >= 11 is 0. The highest BCUT2D eigenvalue weighted by Gasteiger charge is 2.51. The largest absolute Gasteiger partial charge is 0.444 e. The van der Waals surface area contributed by atoms with E-state index in [9.17, 15) is 9.59 Å². The van der Waals surface area contributed by atoms with Crippen LogP contribution >= 0.6 is 0 Å². The Morgan fingerprint density at radius 1 is 0.971 bits per heavy atom. The lowest BCUT2D eigenvalue weighted by atomic mass is 9.93. The molecule has 34 heavy (non-hydrogen) atoms. The van der Waals surface area contributed by atoms with Crippen molar-refractivity contribution in [2.24, 2.45) is 5.92 Å². The third-order valence-electron chi connectivity index (χ3n) is 6.49. The first-order valence-electron chi connectivity index (χ1n) is 12.2. The van der Waals surface area contributed by atoms with Gasteiger partial charge in [-0.1, -0.05) is 81.4 Å². The SMILES string of the molecule is CC(C)(C)OC(=O)N1CCC(C=O)CC1CO[Si](c1ccccc1)(c1ccccc1)C(C)(C)C. The van der Waals surface area contributed by atoms with Gasteiger partial charge in [0.25, 0.3) is 8.32 Å². The summed E-state index contributed by atoms with van der Waals surface area (Å²) in [6.07, 6.45) is 1.91. The molecule has 2 aromatic carbocycles. The van der Waals surface area contributed by atoms with Crippen molar-refractivity contribution in [2.45, 2.75) is 71.1 Å². The number of hydrogen-bond acceptors (Lipinski definition) is 4. The number of carbonyl (C=O) groups excluding carboxylic acids is 2. The highest BCUT2D eigenvalue weighted by Crippen LogP contribution is 2.37. The van der Waals surface area contributed by atoms with Gasteiger partial charge in [-0.25, -0.2) is 4.79 Å². The van der Waals surface area contributed by atoms with E-state index in [0.717, 1.165) is 6.29 Å². The summed E-state index contributed by atoms with van der Waals surface area (Å²) in [5.41, 5.74) is -0.581. The highest BCUT2D eigenvalue weighted by atomic mass is 28.4. The molecule has 5 nitrogen and oxygen atoms in total. The Labute approximate surface area is 205 Å². The molecule has 0 bridgehead atoms. The van der Waals surface area contributed by atoms with Crippen LogP contribution in [0.1, 0.15) is 54.4 Å². The molecule has 184 valence electrons. The smallest absolute Gasteiger partial charge is 0.410 e. The molecular formula is C28H39NO4Si. The summed E-state index contributed by atoms with van der Waals surface area (Å²) in [4.78, 5) is 26.5. The summed E-state index contributed by atoms with van der Waals surface area (Å²) in [7, 11) is -2.74. The molecule has 1 fully saturated rings. The van der Waals surface area contributed by atoms with Crippen molar-refractivity contribution in [1.82, 2.24) is 4.90 Å². The number of likely N-dealkylation sites (tertiary alicyclic amines) is 1. The average Bonchev–Trinajstić information content (AvgIpc) is 2.78. The van der Waals surface area contributed by atoms with E-state index in [4.69, 9.17) is 9.16 Å². The molecule has 6 heteroatoms. The lowest BCUT2D eigenvalue weighted by molar-refractivity contribution is -0.113. The van der Waals surface area contributed by atoms with E-state index in [1.807, 2.05) is 32.9 Å². The van der Waals surface area contributed by atoms with E-state index in [1.165, 1.54) is 10.4 Å². The quantitative estimate of drug-likeness (QED) is 0.440. The molecule has 0 spiro atoms. The van der Waals surface area contributed by atoms with Gasteiger partial charge in [-0.15, -0.1) is 0 Å². The molecule has 2 unspecified atom stereocenters. The Bertz CT molecular complexity index is 910. The number of rotatable bonds is 6. The van der Waals surface area contributed by atoms with Crippen LogP contribution in [-0.4, -0.2) is 50.4 Å². The van der Waals surface area contributed by atoms with Gasteiger partial charge in [-0.05, 0) is 49.0 Å². The Morgan fingerprint density at radius 3 is 1.94 bits per heavy atom. The summed E-state index contributed by atoms with van der Waals surface area (Å²) < 4.78 is 12.8. The lowest BCUT2D eigenvalue weighted by Crippen LogP contribution is -2.67. The first-order chi connectivity index (χ1) is 16.0. The summed E-state index contributed by atoms with van der Waals surface area (Å²) in [6.45, 7) is 13.2. The van der Waals surface area contributed by atoms with Crippen LogP contribution in [0.25, 0.3) is 0 Å². The summed E-state index contributed by atoms with van der Waals surface area (Å²) in [5.74, 6) is -0.0774. The van der Waals surface area contributed by atoms with Crippen molar-refractivity contribution in [2.75, 3.05) is 13.2 Å². The number of amides is 1. The van der Waals surface area contributed by atoms with E-state index in [2.05, 4.69) is 69.3 Å². The van der Waals surface area contributed by atoms with E-state index in [0.29, 0.717) is 26.0 Å². The maximum Gasteiger partial charge on any atom is 0.410 e. The number of aldehydes is 1. The molecule has 0 radical (unpaired) electrons. The van der Waals surface area contributed by atoms with Gasteiger partial charge in [-0.2, -0.15) is 0 Å². The predicted molar refractivity (Wildman–Crippen MR) is 139 cm³/mol. The number of nitrogens with zero attached hydrogens (tertiary/aromatic N) is 1. The van der Waals surface area contributed by atoms with E-state index < -0.39 is 13.9 Å². The zero-order valence-corrected chi connectivity index (χ0v) is 22.4. The number of ether oxygens (including phenoxy) is 1. The normalized spacial score (nSPS) is 19.5. The molecular weight excluding hydrogens is 442 g/mol. The number of carbonyl (C=O) groups is 2. The van der Waals surface area contributed by atoms with E-state index in [1.54, 1.807) is 4.90 Å². The second-order valence-corrected chi connectivity index (χ2v) is 15.5. The van der Waals surface area contributed by atoms with Gasteiger partial charge in [0.15, 0.2) is 0 Å². The zero-order chi connectivity index (χ0) is 25.0. The Hall–Kier alpha value is -2.44. The fourth-order valence-corrected chi connectivity index (χ4v) is 9.51. The Balaban J connectivity index is 2.00. The van der Waals surface area contributed by atoms with Crippen molar-refractivity contribution < 1.29 is 18.8 Å². The van der Waals surface area contributed by atoms with E-state index >= 15 is 0 Å². The zero-order valence-electron chi connectivity index (χ0n) is 21.4. The van der Waals surface area contributed by atoms with Crippen LogP contribution in [-0.2, 0) is 14.0 Å². The van der Waals surface area contributed by atoms with Gasteiger partial charge >= 0.3 is 6.09 Å². The topological polar surface area (TPSA) is 55.8 Å². The molecule has 2 atom stereocenters. The predicted octanol–water partition coefficient (Wildman–Crippen LogP) is 4.78. The molecule has 2 aromatic rings. The van der Waals surface area contributed by atoms with Crippen molar-refractivity contribution in [1.29, 1.82) is 0 Å². The molecule has 1 amide bonds. The van der Waals surface area contributed by atoms with E-state index in [-0.39, 0.29) is 23.1 Å². The van der Waals surface area contributed by atoms with Crippen LogP contribution in [0.15, 0.2) is 60.7 Å². The number of benzene rings is 2. The minimum atomic E-state index is -2.74. The van der Waals surface area contributed by atoms with Crippen LogP contribution < -0.4 is 10.4 Å². The average molecular weight is 482 g/mol. The maximum atomic E-state index is 13.1.